The summed E-state index contributed by atoms with van der Waals surface area (Å²) in [4.78, 5) is 8.45. The van der Waals surface area contributed by atoms with Crippen LogP contribution >= 0.6 is 23.2 Å². The van der Waals surface area contributed by atoms with Crippen molar-refractivity contribution in [1.82, 2.24) is 0 Å². The Morgan fingerprint density at radius 3 is 1.76 bits per heavy atom. The van der Waals surface area contributed by atoms with Crippen LogP contribution in [-0.2, 0) is 9.53 Å². The molecular weight excluding hydrogens is 308 g/mol. The molecule has 102 valence electrons. The number of hydrogen-bond donors (Lipinski definition) is 0. The van der Waals surface area contributed by atoms with Gasteiger partial charge in [0.25, 0.3) is 0 Å². The average molecular weight is 311 g/mol. The van der Waals surface area contributed by atoms with E-state index in [1.165, 1.54) is 0 Å². The Hall–Kier alpha value is -0.440. The van der Waals surface area contributed by atoms with Gasteiger partial charge in [-0.3, -0.25) is 0 Å². The highest BCUT2D eigenvalue weighted by Gasteiger charge is 2.73. The molecule has 0 radical (unpaired) electrons. The lowest BCUT2D eigenvalue weighted by atomic mass is 10.2. The van der Waals surface area contributed by atoms with Gasteiger partial charge in [-0.2, -0.15) is 30.7 Å². The van der Waals surface area contributed by atoms with Gasteiger partial charge in [0.15, 0.2) is 6.61 Å². The number of hydrogen-bond acceptors (Lipinski definition) is 2. The summed E-state index contributed by atoms with van der Waals surface area (Å²) in [6, 6.07) is 0. The molecule has 0 saturated carbocycles. The fourth-order valence-corrected chi connectivity index (χ4v) is 0.649. The molecule has 0 atom stereocenters. The molecule has 0 N–H and O–H groups in total. The Balaban J connectivity index is 4.75. The Morgan fingerprint density at radius 1 is 1.06 bits per heavy atom. The maximum atomic E-state index is 12.5. The zero-order valence-corrected chi connectivity index (χ0v) is 9.01. The number of carbonyl (C=O) groups excluding carboxylic acids is 1. The number of carbonyl (C=O) groups is 1. The third kappa shape index (κ3) is 3.77. The maximum absolute atomic E-state index is 12.5. The fraction of sp³-hybridized carbons (Fsp3) is 0.833. The number of alkyl halides is 9. The smallest absolute Gasteiger partial charge is 0.457 e. The number of halogens is 9. The van der Waals surface area contributed by atoms with Crippen molar-refractivity contribution >= 4 is 29.2 Å². The van der Waals surface area contributed by atoms with Gasteiger partial charge in [0, 0.05) is 0 Å². The minimum absolute atomic E-state index is 1.76. The van der Waals surface area contributed by atoms with E-state index in [-0.39, 0.29) is 0 Å². The molecule has 0 fully saturated rings. The third-order valence-corrected chi connectivity index (χ3v) is 1.75. The molecule has 0 bridgehead atoms. The zero-order chi connectivity index (χ0) is 14.1. The summed E-state index contributed by atoms with van der Waals surface area (Å²) >= 11 is 9.60. The SMILES string of the molecule is O=C(OCC(F)(F)C(F)(F)C(F)(F)F)C(Cl)Cl. The van der Waals surface area contributed by atoms with E-state index in [2.05, 4.69) is 4.74 Å². The van der Waals surface area contributed by atoms with Crippen LogP contribution in [0, 0.1) is 0 Å². The summed E-state index contributed by atoms with van der Waals surface area (Å²) in [6.45, 7) is -2.49. The van der Waals surface area contributed by atoms with Gasteiger partial charge in [0.05, 0.1) is 0 Å². The van der Waals surface area contributed by atoms with Crippen LogP contribution in [0.4, 0.5) is 30.7 Å². The van der Waals surface area contributed by atoms with E-state index < -0.39 is 35.4 Å². The molecule has 0 aliphatic rings. The van der Waals surface area contributed by atoms with Gasteiger partial charge in [0.2, 0.25) is 4.84 Å². The predicted octanol–water partition coefficient (Wildman–Crippen LogP) is 3.17. The molecule has 0 saturated heterocycles. The van der Waals surface area contributed by atoms with Crippen LogP contribution in [0.3, 0.4) is 0 Å². The van der Waals surface area contributed by atoms with Crippen molar-refractivity contribution in [1.29, 1.82) is 0 Å². The van der Waals surface area contributed by atoms with E-state index in [1.54, 1.807) is 0 Å². The first-order valence-corrected chi connectivity index (χ1v) is 4.47. The lowest BCUT2D eigenvalue weighted by molar-refractivity contribution is -0.359. The van der Waals surface area contributed by atoms with E-state index in [0.717, 1.165) is 0 Å². The van der Waals surface area contributed by atoms with Crippen molar-refractivity contribution in [3.05, 3.63) is 0 Å². The van der Waals surface area contributed by atoms with Crippen LogP contribution in [0.15, 0.2) is 0 Å². The highest BCUT2D eigenvalue weighted by atomic mass is 35.5. The number of rotatable bonds is 4. The van der Waals surface area contributed by atoms with Gasteiger partial charge in [-0.05, 0) is 0 Å². The fourth-order valence-electron chi connectivity index (χ4n) is 0.523. The summed E-state index contributed by atoms with van der Waals surface area (Å²) < 4.78 is 87.6. The van der Waals surface area contributed by atoms with E-state index in [0.29, 0.717) is 0 Å². The standard InChI is InChI=1S/C6H3Cl2F7O2/c7-2(8)3(16)17-1-4(9,10)5(11,12)6(13,14)15/h2H,1H2. The summed E-state index contributed by atoms with van der Waals surface area (Å²) in [5.74, 6) is -13.7. The molecule has 0 aromatic rings. The van der Waals surface area contributed by atoms with Crippen LogP contribution < -0.4 is 0 Å². The van der Waals surface area contributed by atoms with E-state index in [4.69, 9.17) is 23.2 Å². The van der Waals surface area contributed by atoms with Crippen LogP contribution in [0.25, 0.3) is 0 Å². The average Bonchev–Trinajstić information content (AvgIpc) is 2.11. The number of ether oxygens (including phenoxy) is 1. The van der Waals surface area contributed by atoms with Gasteiger partial charge < -0.3 is 4.74 Å². The van der Waals surface area contributed by atoms with Crippen molar-refractivity contribution < 1.29 is 40.3 Å². The molecular formula is C6H3Cl2F7O2. The molecule has 2 nitrogen and oxygen atoms in total. The molecule has 17 heavy (non-hydrogen) atoms. The highest BCUT2D eigenvalue weighted by Crippen LogP contribution is 2.46. The molecule has 11 heteroatoms. The first-order valence-electron chi connectivity index (χ1n) is 3.60. The predicted molar refractivity (Wildman–Crippen MR) is 42.4 cm³/mol. The highest BCUT2D eigenvalue weighted by molar-refractivity contribution is 6.52. The van der Waals surface area contributed by atoms with Gasteiger partial charge in [0.1, 0.15) is 0 Å². The lowest BCUT2D eigenvalue weighted by Gasteiger charge is -2.27. The first-order chi connectivity index (χ1) is 7.33. The van der Waals surface area contributed by atoms with Crippen molar-refractivity contribution in [2.75, 3.05) is 6.61 Å². The van der Waals surface area contributed by atoms with E-state index in [9.17, 15) is 35.5 Å². The first kappa shape index (κ1) is 16.6. The van der Waals surface area contributed by atoms with Gasteiger partial charge in [-0.15, -0.1) is 0 Å². The van der Waals surface area contributed by atoms with Crippen LogP contribution in [0.2, 0.25) is 0 Å². The molecule has 0 amide bonds. The molecule has 0 spiro atoms. The van der Waals surface area contributed by atoms with Crippen molar-refractivity contribution in [2.45, 2.75) is 22.9 Å². The second-order valence-corrected chi connectivity index (χ2v) is 3.78. The summed E-state index contributed by atoms with van der Waals surface area (Å²) in [7, 11) is 0. The summed E-state index contributed by atoms with van der Waals surface area (Å²) in [5.41, 5.74) is 0. The molecule has 0 aromatic carbocycles. The molecule has 0 heterocycles. The van der Waals surface area contributed by atoms with Crippen molar-refractivity contribution in [2.24, 2.45) is 0 Å². The Kier molecular flexibility index (Phi) is 4.92. The van der Waals surface area contributed by atoms with Gasteiger partial charge in [-0.25, -0.2) is 4.79 Å². The summed E-state index contributed by atoms with van der Waals surface area (Å²) in [5, 5.41) is 0. The lowest BCUT2D eigenvalue weighted by Crippen LogP contribution is -2.54. The van der Waals surface area contributed by atoms with Crippen molar-refractivity contribution in [3.63, 3.8) is 0 Å². The molecule has 0 rings (SSSR count). The van der Waals surface area contributed by atoms with Crippen LogP contribution in [0.1, 0.15) is 0 Å². The Bertz CT molecular complexity index is 289. The minimum atomic E-state index is -6.48. The second kappa shape index (κ2) is 5.05. The molecule has 0 aliphatic carbocycles. The topological polar surface area (TPSA) is 26.3 Å². The number of esters is 1. The largest absolute Gasteiger partial charge is 0.460 e. The van der Waals surface area contributed by atoms with E-state index in [1.807, 2.05) is 0 Å². The van der Waals surface area contributed by atoms with Gasteiger partial charge in [-0.1, -0.05) is 23.2 Å². The van der Waals surface area contributed by atoms with Crippen LogP contribution in [-0.4, -0.2) is 35.4 Å². The normalized spacial score (nSPS) is 14.0. The van der Waals surface area contributed by atoms with Crippen LogP contribution in [0.5, 0.6) is 0 Å². The zero-order valence-electron chi connectivity index (χ0n) is 7.50. The Labute approximate surface area is 99.6 Å². The quantitative estimate of drug-likeness (QED) is 0.453. The monoisotopic (exact) mass is 310 g/mol. The van der Waals surface area contributed by atoms with E-state index >= 15 is 0 Å². The molecule has 0 aliphatic heterocycles. The van der Waals surface area contributed by atoms with Gasteiger partial charge >= 0.3 is 24.0 Å². The maximum Gasteiger partial charge on any atom is 0.460 e. The van der Waals surface area contributed by atoms with Crippen molar-refractivity contribution in [3.8, 4) is 0 Å². The summed E-state index contributed by atoms with van der Waals surface area (Å²) in [6.07, 6.45) is -6.48. The molecule has 0 aromatic heterocycles. The molecule has 0 unspecified atom stereocenters. The Morgan fingerprint density at radius 2 is 1.47 bits per heavy atom. The second-order valence-electron chi connectivity index (χ2n) is 2.69. The third-order valence-electron chi connectivity index (χ3n) is 1.39. The minimum Gasteiger partial charge on any atom is -0.457 e.